The molecule has 1 N–H and O–H groups in total. The largest absolute Gasteiger partial charge is 0.481 e. The van der Waals surface area contributed by atoms with Gasteiger partial charge in [0.1, 0.15) is 0 Å². The first-order chi connectivity index (χ1) is 11.4. The number of carbonyl (C=O) groups excluding carboxylic acids is 1. The van der Waals surface area contributed by atoms with Crippen molar-refractivity contribution < 1.29 is 27.4 Å². The Balaban J connectivity index is 1.90. The average Bonchev–Trinajstić information content (AvgIpc) is 2.58. The van der Waals surface area contributed by atoms with E-state index in [1.165, 1.54) is 19.2 Å². The normalized spacial score (nSPS) is 11.0. The van der Waals surface area contributed by atoms with Crippen LogP contribution in [0.1, 0.15) is 15.9 Å². The molecular weight excluding hydrogens is 327 g/mol. The molecule has 2 heterocycles. The van der Waals surface area contributed by atoms with Gasteiger partial charge in [-0.3, -0.25) is 4.79 Å². The van der Waals surface area contributed by atoms with Crippen molar-refractivity contribution in [3.8, 4) is 11.8 Å². The van der Waals surface area contributed by atoms with E-state index in [4.69, 9.17) is 4.74 Å². The maximum Gasteiger partial charge on any atom is 0.422 e. The van der Waals surface area contributed by atoms with Gasteiger partial charge in [0.2, 0.25) is 11.8 Å². The summed E-state index contributed by atoms with van der Waals surface area (Å²) in [6, 6.07) is 5.93. The molecule has 0 radical (unpaired) electrons. The SMILES string of the molecule is COc1cc(CNC(=O)c2ccc(OCC(F)(F)F)nc2)ccn1. The number of rotatable bonds is 6. The highest BCUT2D eigenvalue weighted by molar-refractivity contribution is 5.93. The first kappa shape index (κ1) is 17.5. The number of hydrogen-bond donors (Lipinski definition) is 1. The molecule has 0 atom stereocenters. The maximum absolute atomic E-state index is 12.0. The lowest BCUT2D eigenvalue weighted by Gasteiger charge is -2.09. The number of hydrogen-bond acceptors (Lipinski definition) is 5. The number of carbonyl (C=O) groups is 1. The van der Waals surface area contributed by atoms with Gasteiger partial charge in [0.15, 0.2) is 6.61 Å². The summed E-state index contributed by atoms with van der Waals surface area (Å²) in [5.41, 5.74) is 0.990. The molecule has 0 bridgehead atoms. The molecule has 0 unspecified atom stereocenters. The molecule has 0 aromatic carbocycles. The smallest absolute Gasteiger partial charge is 0.422 e. The van der Waals surface area contributed by atoms with Gasteiger partial charge in [0.25, 0.3) is 5.91 Å². The second-order valence-corrected chi connectivity index (χ2v) is 4.68. The lowest BCUT2D eigenvalue weighted by atomic mass is 10.2. The predicted molar refractivity (Wildman–Crippen MR) is 77.7 cm³/mol. The van der Waals surface area contributed by atoms with Gasteiger partial charge < -0.3 is 14.8 Å². The third-order valence-corrected chi connectivity index (χ3v) is 2.84. The fourth-order valence-electron chi connectivity index (χ4n) is 1.71. The Morgan fingerprint density at radius 1 is 1.21 bits per heavy atom. The van der Waals surface area contributed by atoms with E-state index in [1.807, 2.05) is 0 Å². The first-order valence-electron chi connectivity index (χ1n) is 6.80. The quantitative estimate of drug-likeness (QED) is 0.873. The van der Waals surface area contributed by atoms with E-state index in [1.54, 1.807) is 18.3 Å². The van der Waals surface area contributed by atoms with Crippen LogP contribution in [0.2, 0.25) is 0 Å². The van der Waals surface area contributed by atoms with Crippen LogP contribution in [0, 0.1) is 0 Å². The van der Waals surface area contributed by atoms with Crippen molar-refractivity contribution in [2.24, 2.45) is 0 Å². The zero-order valence-electron chi connectivity index (χ0n) is 12.6. The Labute approximate surface area is 135 Å². The third kappa shape index (κ3) is 5.41. The Morgan fingerprint density at radius 2 is 2.00 bits per heavy atom. The molecule has 0 aliphatic rings. The number of nitrogens with one attached hydrogen (secondary N) is 1. The summed E-state index contributed by atoms with van der Waals surface area (Å²) in [6.07, 6.45) is -1.74. The van der Waals surface area contributed by atoms with Crippen molar-refractivity contribution in [2.75, 3.05) is 13.7 Å². The van der Waals surface area contributed by atoms with Crippen molar-refractivity contribution in [1.82, 2.24) is 15.3 Å². The number of ether oxygens (including phenoxy) is 2. The van der Waals surface area contributed by atoms with E-state index in [-0.39, 0.29) is 18.0 Å². The number of alkyl halides is 3. The van der Waals surface area contributed by atoms with Crippen molar-refractivity contribution in [3.05, 3.63) is 47.8 Å². The Hall–Kier alpha value is -2.84. The molecule has 0 fully saturated rings. The van der Waals surface area contributed by atoms with Gasteiger partial charge in [-0.2, -0.15) is 13.2 Å². The second kappa shape index (κ2) is 7.62. The number of nitrogens with zero attached hydrogens (tertiary/aromatic N) is 2. The topological polar surface area (TPSA) is 73.3 Å². The van der Waals surface area contributed by atoms with E-state index >= 15 is 0 Å². The third-order valence-electron chi connectivity index (χ3n) is 2.84. The number of halogens is 3. The number of aromatic nitrogens is 2. The minimum atomic E-state index is -4.44. The molecule has 0 spiro atoms. The summed E-state index contributed by atoms with van der Waals surface area (Å²) in [5, 5.41) is 2.66. The fourth-order valence-corrected chi connectivity index (χ4v) is 1.71. The maximum atomic E-state index is 12.0. The van der Waals surface area contributed by atoms with Gasteiger partial charge >= 0.3 is 6.18 Å². The molecule has 2 aromatic rings. The van der Waals surface area contributed by atoms with Crippen LogP contribution in [0.3, 0.4) is 0 Å². The van der Waals surface area contributed by atoms with Gasteiger partial charge in [-0.25, -0.2) is 9.97 Å². The van der Waals surface area contributed by atoms with Crippen LogP contribution in [-0.2, 0) is 6.54 Å². The van der Waals surface area contributed by atoms with Crippen LogP contribution in [0.4, 0.5) is 13.2 Å². The average molecular weight is 341 g/mol. The van der Waals surface area contributed by atoms with Crippen molar-refractivity contribution in [2.45, 2.75) is 12.7 Å². The van der Waals surface area contributed by atoms with Crippen LogP contribution >= 0.6 is 0 Å². The second-order valence-electron chi connectivity index (χ2n) is 4.68. The molecule has 2 rings (SSSR count). The van der Waals surface area contributed by atoms with Crippen LogP contribution < -0.4 is 14.8 Å². The molecule has 128 valence electrons. The van der Waals surface area contributed by atoms with E-state index in [2.05, 4.69) is 20.0 Å². The highest BCUT2D eigenvalue weighted by Gasteiger charge is 2.28. The summed E-state index contributed by atoms with van der Waals surface area (Å²) >= 11 is 0. The molecule has 9 heteroatoms. The Bertz CT molecular complexity index is 690. The predicted octanol–water partition coefficient (Wildman–Crippen LogP) is 2.36. The lowest BCUT2D eigenvalue weighted by molar-refractivity contribution is -0.154. The molecule has 6 nitrogen and oxygen atoms in total. The minimum Gasteiger partial charge on any atom is -0.481 e. The molecule has 0 saturated heterocycles. The van der Waals surface area contributed by atoms with Crippen LogP contribution in [-0.4, -0.2) is 35.8 Å². The monoisotopic (exact) mass is 341 g/mol. The summed E-state index contributed by atoms with van der Waals surface area (Å²) in [5.74, 6) is -0.196. The van der Waals surface area contributed by atoms with Crippen LogP contribution in [0.5, 0.6) is 11.8 Å². The fraction of sp³-hybridized carbons (Fsp3) is 0.267. The van der Waals surface area contributed by atoms with Gasteiger partial charge in [0, 0.05) is 31.1 Å². The summed E-state index contributed by atoms with van der Waals surface area (Å²) in [7, 11) is 1.48. The van der Waals surface area contributed by atoms with Gasteiger partial charge in [-0.15, -0.1) is 0 Å². The summed E-state index contributed by atoms with van der Waals surface area (Å²) in [6.45, 7) is -1.19. The highest BCUT2D eigenvalue weighted by atomic mass is 19.4. The Morgan fingerprint density at radius 3 is 2.62 bits per heavy atom. The van der Waals surface area contributed by atoms with Gasteiger partial charge in [0.05, 0.1) is 12.7 Å². The molecule has 0 aliphatic heterocycles. The zero-order chi connectivity index (χ0) is 17.6. The molecular formula is C15H14F3N3O3. The van der Waals surface area contributed by atoms with Gasteiger partial charge in [-0.05, 0) is 17.7 Å². The molecule has 2 aromatic heterocycles. The standard InChI is InChI=1S/C15H14F3N3O3/c1-23-13-6-10(4-5-19-13)7-21-14(22)11-2-3-12(20-8-11)24-9-15(16,17)18/h2-6,8H,7,9H2,1H3,(H,21,22). The van der Waals surface area contributed by atoms with Crippen molar-refractivity contribution >= 4 is 5.91 Å². The lowest BCUT2D eigenvalue weighted by Crippen LogP contribution is -2.23. The van der Waals surface area contributed by atoms with Crippen LogP contribution in [0.25, 0.3) is 0 Å². The molecule has 0 aliphatic carbocycles. The van der Waals surface area contributed by atoms with Crippen molar-refractivity contribution in [1.29, 1.82) is 0 Å². The zero-order valence-corrected chi connectivity index (χ0v) is 12.6. The summed E-state index contributed by atoms with van der Waals surface area (Å²) < 4.78 is 45.6. The first-order valence-corrected chi connectivity index (χ1v) is 6.80. The summed E-state index contributed by atoms with van der Waals surface area (Å²) in [4.78, 5) is 19.6. The van der Waals surface area contributed by atoms with E-state index < -0.39 is 18.7 Å². The highest BCUT2D eigenvalue weighted by Crippen LogP contribution is 2.17. The van der Waals surface area contributed by atoms with Crippen molar-refractivity contribution in [3.63, 3.8) is 0 Å². The van der Waals surface area contributed by atoms with Crippen LogP contribution in [0.15, 0.2) is 36.7 Å². The number of pyridine rings is 2. The van der Waals surface area contributed by atoms with E-state index in [9.17, 15) is 18.0 Å². The molecule has 0 saturated carbocycles. The number of methoxy groups -OCH3 is 1. The molecule has 24 heavy (non-hydrogen) atoms. The van der Waals surface area contributed by atoms with E-state index in [0.717, 1.165) is 11.8 Å². The number of amides is 1. The molecule has 1 amide bonds. The minimum absolute atomic E-state index is 0.204. The van der Waals surface area contributed by atoms with Gasteiger partial charge in [-0.1, -0.05) is 0 Å². The Kier molecular flexibility index (Phi) is 5.56. The van der Waals surface area contributed by atoms with E-state index in [0.29, 0.717) is 5.88 Å².